The van der Waals surface area contributed by atoms with E-state index in [4.69, 9.17) is 10.5 Å². The number of nitrogens with zero attached hydrogens (tertiary/aromatic N) is 1. The summed E-state index contributed by atoms with van der Waals surface area (Å²) in [6, 6.07) is 0. The Kier molecular flexibility index (Phi) is 27.2. The topological polar surface area (TPSA) is 122 Å². The second-order valence-corrected chi connectivity index (χ2v) is 8.85. The van der Waals surface area contributed by atoms with E-state index in [1.807, 2.05) is 0 Å². The van der Waals surface area contributed by atoms with E-state index in [0.717, 1.165) is 17.3 Å². The Morgan fingerprint density at radius 3 is 1.24 bits per heavy atom. The van der Waals surface area contributed by atoms with E-state index in [2.05, 4.69) is 51.3 Å². The molecule has 0 aliphatic rings. The van der Waals surface area contributed by atoms with Crippen molar-refractivity contribution in [3.63, 3.8) is 0 Å². The lowest BCUT2D eigenvalue weighted by Crippen LogP contribution is -2.27. The molecule has 0 saturated carbocycles. The third kappa shape index (κ3) is 66.2. The Morgan fingerprint density at radius 2 is 1.00 bits per heavy atom. The first-order valence-electron chi connectivity index (χ1n) is 11.2. The van der Waals surface area contributed by atoms with Gasteiger partial charge in [0.25, 0.3) is 0 Å². The van der Waals surface area contributed by atoms with Crippen molar-refractivity contribution in [3.05, 3.63) is 0 Å². The average molecular weight is 420 g/mol. The van der Waals surface area contributed by atoms with Crippen LogP contribution in [0.15, 0.2) is 0 Å². The fourth-order valence-corrected chi connectivity index (χ4v) is 2.46. The number of carbonyl (C=O) groups is 1. The number of unbranched alkanes of at least 4 members (excludes halogenated alkanes) is 13. The van der Waals surface area contributed by atoms with Crippen LogP contribution in [0.3, 0.4) is 0 Å². The molecule has 6 N–H and O–H groups in total. The Morgan fingerprint density at radius 1 is 0.759 bits per heavy atom. The summed E-state index contributed by atoms with van der Waals surface area (Å²) >= 11 is 0. The Hall–Kier alpha value is -1.50. The lowest BCUT2D eigenvalue weighted by molar-refractivity contribution is -0.849. The summed E-state index contributed by atoms with van der Waals surface area (Å²) in [6.45, 7) is 2.62. The van der Waals surface area contributed by atoms with Crippen molar-refractivity contribution in [2.45, 2.75) is 96.8 Å². The predicted octanol–water partition coefficient (Wildman–Crippen LogP) is 5.32. The predicted molar refractivity (Wildman–Crippen MR) is 124 cm³/mol. The Balaban J connectivity index is -0.000000623. The maximum Gasteiger partial charge on any atom is 0.505 e. The highest BCUT2D eigenvalue weighted by Crippen LogP contribution is 2.12. The van der Waals surface area contributed by atoms with Crippen molar-refractivity contribution in [1.29, 1.82) is 5.41 Å². The highest BCUT2D eigenvalue weighted by atomic mass is 16.7. The van der Waals surface area contributed by atoms with Crippen molar-refractivity contribution >= 4 is 12.1 Å². The summed E-state index contributed by atoms with van der Waals surface area (Å²) in [6.07, 6.45) is 17.2. The summed E-state index contributed by atoms with van der Waals surface area (Å²) in [5, 5.41) is 14.4. The van der Waals surface area contributed by atoms with E-state index >= 15 is 0 Å². The molecular weight excluding hydrogens is 368 g/mol. The zero-order valence-corrected chi connectivity index (χ0v) is 20.0. The first-order chi connectivity index (χ1) is 13.5. The van der Waals surface area contributed by atoms with Gasteiger partial charge in [-0.15, -0.1) is 0 Å². The van der Waals surface area contributed by atoms with Gasteiger partial charge in [-0.1, -0.05) is 90.4 Å². The second-order valence-electron chi connectivity index (χ2n) is 8.85. The van der Waals surface area contributed by atoms with Crippen LogP contribution in [-0.4, -0.2) is 56.5 Å². The average Bonchev–Trinajstić information content (AvgIpc) is 2.56. The monoisotopic (exact) mass is 419 g/mol. The molecule has 7 nitrogen and oxygen atoms in total. The van der Waals surface area contributed by atoms with Gasteiger partial charge in [-0.05, 0) is 6.42 Å². The van der Waals surface area contributed by atoms with Gasteiger partial charge >= 0.3 is 6.16 Å². The summed E-state index contributed by atoms with van der Waals surface area (Å²) < 4.78 is 5.47. The number of nitrogens with two attached hydrogens (primary N) is 2. The molecule has 0 aromatic heterocycles. The van der Waals surface area contributed by atoms with Gasteiger partial charge in [0, 0.05) is 0 Å². The molecule has 0 aromatic rings. The van der Waals surface area contributed by atoms with Crippen LogP contribution in [-0.2, 0) is 4.74 Å². The Bertz CT molecular complexity index is 348. The van der Waals surface area contributed by atoms with Gasteiger partial charge in [-0.3, -0.25) is 5.41 Å². The summed E-state index contributed by atoms with van der Waals surface area (Å²) in [5.74, 6) is -0.333. The highest BCUT2D eigenvalue weighted by molar-refractivity contribution is 5.71. The lowest BCUT2D eigenvalue weighted by atomic mass is 10.0. The molecule has 0 heterocycles. The summed E-state index contributed by atoms with van der Waals surface area (Å²) in [7, 11) is 8.50. The second kappa shape index (κ2) is 24.5. The zero-order valence-electron chi connectivity index (χ0n) is 20.0. The van der Waals surface area contributed by atoms with Crippen LogP contribution < -0.4 is 11.5 Å². The summed E-state index contributed by atoms with van der Waals surface area (Å²) in [4.78, 5) is 10.1. The van der Waals surface area contributed by atoms with Crippen LogP contribution in [0.2, 0.25) is 0 Å². The number of hydrogen-bond acceptors (Lipinski definition) is 3. The minimum Gasteiger partial charge on any atom is -0.450 e. The smallest absolute Gasteiger partial charge is 0.450 e. The molecule has 0 bridgehead atoms. The largest absolute Gasteiger partial charge is 0.505 e. The third-order valence-corrected chi connectivity index (χ3v) is 3.72. The van der Waals surface area contributed by atoms with Gasteiger partial charge in [0.1, 0.15) is 0 Å². The molecule has 0 atom stereocenters. The molecule has 0 amide bonds. The number of hydrogen-bond donors (Lipinski definition) is 4. The van der Waals surface area contributed by atoms with Crippen LogP contribution in [0.5, 0.6) is 0 Å². The van der Waals surface area contributed by atoms with E-state index in [1.54, 1.807) is 0 Å². The molecule has 29 heavy (non-hydrogen) atoms. The number of carboxylic acid groups (broad SMARTS) is 1. The summed E-state index contributed by atoms with van der Waals surface area (Å²) in [5.41, 5.74) is 8.94. The van der Waals surface area contributed by atoms with E-state index < -0.39 is 6.16 Å². The van der Waals surface area contributed by atoms with E-state index in [0.29, 0.717) is 6.61 Å². The molecule has 0 aromatic carbocycles. The standard InChI is InChI=1S/C17H34O3.C4H12N.CH5N3/c1-2-3-4-5-6-7-8-9-10-11-12-13-14-15-16-20-17(18)19;1-5(2,3)4;2-1(3)4/h2-16H2,1H3,(H,18,19);1-4H3;(H5,2,3,4)/q;+1;. The SMILES string of the molecule is CCCCCCCCCCCCCCCCOC(=O)O.C[N+](C)(C)C.N=C(N)N. The highest BCUT2D eigenvalue weighted by Gasteiger charge is 1.96. The van der Waals surface area contributed by atoms with E-state index in [9.17, 15) is 4.79 Å². The van der Waals surface area contributed by atoms with Gasteiger partial charge in [-0.25, -0.2) is 4.79 Å². The normalized spacial score (nSPS) is 10.2. The molecule has 0 spiro atoms. The Labute approximate surface area is 180 Å². The molecule has 7 heteroatoms. The van der Waals surface area contributed by atoms with Gasteiger partial charge in [-0.2, -0.15) is 0 Å². The number of ether oxygens (including phenoxy) is 1. The molecule has 0 unspecified atom stereocenters. The number of quaternary nitrogens is 1. The van der Waals surface area contributed by atoms with Gasteiger partial charge in [0.15, 0.2) is 5.96 Å². The molecule has 176 valence electrons. The van der Waals surface area contributed by atoms with Crippen LogP contribution >= 0.6 is 0 Å². The zero-order chi connectivity index (χ0) is 23.0. The minimum atomic E-state index is -1.15. The minimum absolute atomic E-state index is 0.333. The van der Waals surface area contributed by atoms with E-state index in [1.165, 1.54) is 77.0 Å². The maximum atomic E-state index is 10.1. The number of guanidine groups is 1. The van der Waals surface area contributed by atoms with Crippen LogP contribution in [0.1, 0.15) is 96.8 Å². The van der Waals surface area contributed by atoms with Gasteiger partial charge in [0.2, 0.25) is 0 Å². The van der Waals surface area contributed by atoms with Crippen molar-refractivity contribution in [1.82, 2.24) is 0 Å². The third-order valence-electron chi connectivity index (χ3n) is 3.72. The van der Waals surface area contributed by atoms with Crippen molar-refractivity contribution in [3.8, 4) is 0 Å². The van der Waals surface area contributed by atoms with Crippen molar-refractivity contribution < 1.29 is 19.1 Å². The van der Waals surface area contributed by atoms with Crippen molar-refractivity contribution in [2.75, 3.05) is 34.8 Å². The fourth-order valence-electron chi connectivity index (χ4n) is 2.46. The number of nitrogens with one attached hydrogen (secondary N) is 1. The van der Waals surface area contributed by atoms with Gasteiger partial charge in [0.05, 0.1) is 34.8 Å². The molecule has 0 fully saturated rings. The molecule has 0 rings (SSSR count). The molecule has 0 radical (unpaired) electrons. The van der Waals surface area contributed by atoms with Crippen LogP contribution in [0, 0.1) is 5.41 Å². The first-order valence-corrected chi connectivity index (χ1v) is 11.2. The molecular formula is C22H51N4O3+. The fraction of sp³-hybridized carbons (Fsp3) is 0.909. The lowest BCUT2D eigenvalue weighted by Gasteiger charge is -2.14. The number of rotatable bonds is 15. The van der Waals surface area contributed by atoms with Crippen LogP contribution in [0.4, 0.5) is 4.79 Å². The van der Waals surface area contributed by atoms with Gasteiger partial charge < -0.3 is 25.8 Å². The first kappa shape index (κ1) is 32.2. The van der Waals surface area contributed by atoms with E-state index in [-0.39, 0.29) is 5.96 Å². The maximum absolute atomic E-state index is 10.1. The van der Waals surface area contributed by atoms with Crippen LogP contribution in [0.25, 0.3) is 0 Å². The molecule has 0 saturated heterocycles. The molecule has 0 aliphatic carbocycles. The van der Waals surface area contributed by atoms with Crippen molar-refractivity contribution in [2.24, 2.45) is 11.5 Å². The quantitative estimate of drug-likeness (QED) is 0.0940. The molecule has 0 aliphatic heterocycles.